The standard InChI is InChI=1S/C20H26N2O2/c1-15(23)22-14-17-10-8-16(9-11-17)12-20(2,13-19(21)24)18-6-4-3-5-7-18/h3-11,19,24H,12-14,21H2,1-2H3,(H,22,23)/t19-,20?/m1/s1. The van der Waals surface area contributed by atoms with Gasteiger partial charge in [0.25, 0.3) is 0 Å². The molecule has 1 amide bonds. The molecule has 24 heavy (non-hydrogen) atoms. The fraction of sp³-hybridized carbons (Fsp3) is 0.350. The third-order valence-corrected chi connectivity index (χ3v) is 4.29. The minimum Gasteiger partial charge on any atom is -0.379 e. The van der Waals surface area contributed by atoms with E-state index < -0.39 is 6.23 Å². The van der Waals surface area contributed by atoms with Crippen molar-refractivity contribution in [1.82, 2.24) is 5.32 Å². The van der Waals surface area contributed by atoms with Gasteiger partial charge in [0.15, 0.2) is 0 Å². The van der Waals surface area contributed by atoms with Crippen molar-refractivity contribution < 1.29 is 9.90 Å². The van der Waals surface area contributed by atoms with Crippen LogP contribution in [0.3, 0.4) is 0 Å². The minimum atomic E-state index is -0.853. The third kappa shape index (κ3) is 5.18. The van der Waals surface area contributed by atoms with Crippen LogP contribution < -0.4 is 11.1 Å². The van der Waals surface area contributed by atoms with Gasteiger partial charge < -0.3 is 16.2 Å². The number of aliphatic hydroxyl groups excluding tert-OH is 1. The Balaban J connectivity index is 2.16. The quantitative estimate of drug-likeness (QED) is 0.684. The molecule has 2 aromatic rings. The average Bonchev–Trinajstić information content (AvgIpc) is 2.54. The highest BCUT2D eigenvalue weighted by Crippen LogP contribution is 2.32. The Bertz CT molecular complexity index is 653. The number of hydrogen-bond donors (Lipinski definition) is 3. The van der Waals surface area contributed by atoms with Gasteiger partial charge in [-0.3, -0.25) is 4.79 Å². The number of carbonyl (C=O) groups excluding carboxylic acids is 1. The highest BCUT2D eigenvalue weighted by molar-refractivity contribution is 5.72. The van der Waals surface area contributed by atoms with Crippen LogP contribution in [0.1, 0.15) is 37.0 Å². The monoisotopic (exact) mass is 326 g/mol. The van der Waals surface area contributed by atoms with E-state index in [2.05, 4.69) is 36.5 Å². The highest BCUT2D eigenvalue weighted by Gasteiger charge is 2.28. The summed E-state index contributed by atoms with van der Waals surface area (Å²) in [6, 6.07) is 18.3. The van der Waals surface area contributed by atoms with Crippen molar-refractivity contribution in [2.45, 2.75) is 44.9 Å². The van der Waals surface area contributed by atoms with E-state index in [1.54, 1.807) is 0 Å². The number of nitrogens with two attached hydrogens (primary N) is 1. The van der Waals surface area contributed by atoms with Gasteiger partial charge in [-0.2, -0.15) is 0 Å². The van der Waals surface area contributed by atoms with Crippen LogP contribution in [0.2, 0.25) is 0 Å². The summed E-state index contributed by atoms with van der Waals surface area (Å²) in [6.07, 6.45) is 0.422. The Morgan fingerprint density at radius 2 is 1.71 bits per heavy atom. The number of amides is 1. The minimum absolute atomic E-state index is 0.0346. The molecule has 0 aliphatic heterocycles. The first-order chi connectivity index (χ1) is 11.4. The van der Waals surface area contributed by atoms with E-state index >= 15 is 0 Å². The second-order valence-electron chi connectivity index (χ2n) is 6.60. The fourth-order valence-electron chi connectivity index (χ4n) is 3.05. The Morgan fingerprint density at radius 1 is 1.12 bits per heavy atom. The van der Waals surface area contributed by atoms with Crippen molar-refractivity contribution in [3.05, 3.63) is 71.3 Å². The van der Waals surface area contributed by atoms with E-state index in [4.69, 9.17) is 5.73 Å². The molecule has 128 valence electrons. The topological polar surface area (TPSA) is 75.4 Å². The van der Waals surface area contributed by atoms with Crippen molar-refractivity contribution in [1.29, 1.82) is 0 Å². The number of carbonyl (C=O) groups is 1. The molecule has 4 nitrogen and oxygen atoms in total. The van der Waals surface area contributed by atoms with E-state index in [0.717, 1.165) is 17.5 Å². The molecule has 0 aromatic heterocycles. The zero-order valence-electron chi connectivity index (χ0n) is 14.3. The van der Waals surface area contributed by atoms with Crippen LogP contribution in [0.5, 0.6) is 0 Å². The van der Waals surface area contributed by atoms with Crippen LogP contribution in [0, 0.1) is 0 Å². The zero-order chi connectivity index (χ0) is 17.6. The maximum Gasteiger partial charge on any atom is 0.217 e. The van der Waals surface area contributed by atoms with Crippen molar-refractivity contribution >= 4 is 5.91 Å². The molecule has 0 saturated carbocycles. The highest BCUT2D eigenvalue weighted by atomic mass is 16.3. The summed E-state index contributed by atoms with van der Waals surface area (Å²) in [4.78, 5) is 11.0. The van der Waals surface area contributed by atoms with E-state index in [9.17, 15) is 9.90 Å². The largest absolute Gasteiger partial charge is 0.379 e. The van der Waals surface area contributed by atoms with E-state index in [1.165, 1.54) is 12.5 Å². The second-order valence-corrected chi connectivity index (χ2v) is 6.60. The van der Waals surface area contributed by atoms with Crippen LogP contribution in [0.25, 0.3) is 0 Å². The lowest BCUT2D eigenvalue weighted by Crippen LogP contribution is -2.34. The maximum atomic E-state index is 11.0. The predicted molar refractivity (Wildman–Crippen MR) is 96.3 cm³/mol. The van der Waals surface area contributed by atoms with Gasteiger partial charge in [0, 0.05) is 18.9 Å². The first-order valence-corrected chi connectivity index (χ1v) is 8.20. The van der Waals surface area contributed by atoms with Crippen molar-refractivity contribution in [2.75, 3.05) is 0 Å². The summed E-state index contributed by atoms with van der Waals surface area (Å²) in [5.41, 5.74) is 8.84. The Labute approximate surface area is 143 Å². The Kier molecular flexibility index (Phi) is 6.12. The third-order valence-electron chi connectivity index (χ3n) is 4.29. The lowest BCUT2D eigenvalue weighted by atomic mass is 9.74. The summed E-state index contributed by atoms with van der Waals surface area (Å²) in [6.45, 7) is 4.18. The number of aliphatic hydroxyl groups is 1. The molecule has 0 heterocycles. The average molecular weight is 326 g/mol. The number of benzene rings is 2. The van der Waals surface area contributed by atoms with Gasteiger partial charge in [-0.25, -0.2) is 0 Å². The van der Waals surface area contributed by atoms with Crippen LogP contribution in [0.4, 0.5) is 0 Å². The zero-order valence-corrected chi connectivity index (χ0v) is 14.3. The first-order valence-electron chi connectivity index (χ1n) is 8.20. The molecule has 0 fully saturated rings. The smallest absolute Gasteiger partial charge is 0.217 e. The molecule has 4 heteroatoms. The SMILES string of the molecule is CC(=O)NCc1ccc(CC(C)(C[C@H](N)O)c2ccccc2)cc1. The first kappa shape index (κ1) is 18.2. The van der Waals surface area contributed by atoms with Crippen LogP contribution in [0.15, 0.2) is 54.6 Å². The van der Waals surface area contributed by atoms with Crippen molar-refractivity contribution in [2.24, 2.45) is 5.73 Å². The van der Waals surface area contributed by atoms with Gasteiger partial charge in [0.05, 0.1) is 0 Å². The molecular weight excluding hydrogens is 300 g/mol. The molecule has 0 bridgehead atoms. The second kappa shape index (κ2) is 8.08. The van der Waals surface area contributed by atoms with Crippen molar-refractivity contribution in [3.8, 4) is 0 Å². The summed E-state index contributed by atoms with van der Waals surface area (Å²) >= 11 is 0. The van der Waals surface area contributed by atoms with E-state index in [-0.39, 0.29) is 11.3 Å². The molecule has 4 N–H and O–H groups in total. The summed E-state index contributed by atoms with van der Waals surface area (Å²) in [7, 11) is 0. The summed E-state index contributed by atoms with van der Waals surface area (Å²) in [5.74, 6) is -0.0346. The van der Waals surface area contributed by atoms with Gasteiger partial charge in [0.2, 0.25) is 5.91 Å². The molecule has 2 rings (SSSR count). The molecule has 0 spiro atoms. The molecule has 0 aliphatic rings. The molecule has 0 aliphatic carbocycles. The van der Waals surface area contributed by atoms with Crippen LogP contribution in [-0.4, -0.2) is 17.2 Å². The predicted octanol–water partition coefficient (Wildman–Crippen LogP) is 2.49. The van der Waals surface area contributed by atoms with Crippen LogP contribution >= 0.6 is 0 Å². The van der Waals surface area contributed by atoms with Gasteiger partial charge in [0.1, 0.15) is 6.23 Å². The molecule has 2 atom stereocenters. The summed E-state index contributed by atoms with van der Waals surface area (Å²) in [5, 5.41) is 12.5. The Hall–Kier alpha value is -2.17. The Morgan fingerprint density at radius 3 is 2.25 bits per heavy atom. The fourth-order valence-corrected chi connectivity index (χ4v) is 3.05. The maximum absolute atomic E-state index is 11.0. The lowest BCUT2D eigenvalue weighted by Gasteiger charge is -2.32. The van der Waals surface area contributed by atoms with Gasteiger partial charge in [-0.05, 0) is 29.5 Å². The molecule has 0 saturated heterocycles. The normalized spacial score (nSPS) is 14.7. The van der Waals surface area contributed by atoms with Crippen molar-refractivity contribution in [3.63, 3.8) is 0 Å². The van der Waals surface area contributed by atoms with Gasteiger partial charge in [-0.15, -0.1) is 0 Å². The lowest BCUT2D eigenvalue weighted by molar-refractivity contribution is -0.119. The summed E-state index contributed by atoms with van der Waals surface area (Å²) < 4.78 is 0. The number of nitrogens with one attached hydrogen (secondary N) is 1. The van der Waals surface area contributed by atoms with E-state index in [0.29, 0.717) is 13.0 Å². The van der Waals surface area contributed by atoms with E-state index in [1.807, 2.05) is 30.3 Å². The van der Waals surface area contributed by atoms with Gasteiger partial charge >= 0.3 is 0 Å². The molecule has 2 aromatic carbocycles. The molecular formula is C20H26N2O2. The van der Waals surface area contributed by atoms with Gasteiger partial charge in [-0.1, -0.05) is 61.5 Å². The van der Waals surface area contributed by atoms with Crippen LogP contribution in [-0.2, 0) is 23.2 Å². The molecule has 0 radical (unpaired) electrons. The number of rotatable bonds is 7. The number of hydrogen-bond acceptors (Lipinski definition) is 3. The molecule has 1 unspecified atom stereocenters.